The highest BCUT2D eigenvalue weighted by molar-refractivity contribution is 5.70. The van der Waals surface area contributed by atoms with Crippen LogP contribution in [-0.4, -0.2) is 25.9 Å². The summed E-state index contributed by atoms with van der Waals surface area (Å²) in [7, 11) is 1.28. The van der Waals surface area contributed by atoms with Crippen molar-refractivity contribution in [1.29, 1.82) is 0 Å². The van der Waals surface area contributed by atoms with E-state index in [1.807, 2.05) is 0 Å². The summed E-state index contributed by atoms with van der Waals surface area (Å²) in [6.45, 7) is 1.41. The summed E-state index contributed by atoms with van der Waals surface area (Å²) in [5.41, 5.74) is 0. The van der Waals surface area contributed by atoms with Gasteiger partial charge in [-0.3, -0.25) is 0 Å². The molecule has 0 amide bonds. The van der Waals surface area contributed by atoms with Crippen LogP contribution in [0.5, 0.6) is 0 Å². The molecule has 0 saturated carbocycles. The van der Waals surface area contributed by atoms with E-state index in [1.165, 1.54) is 7.11 Å². The molecule has 0 N–H and O–H groups in total. The molecular formula is C5H8NO3. The summed E-state index contributed by atoms with van der Waals surface area (Å²) < 4.78 is 4.25. The normalized spacial score (nSPS) is 9.56. The minimum atomic E-state index is -0.450. The molecule has 4 heteroatoms. The Morgan fingerprint density at radius 3 is 2.89 bits per heavy atom. The van der Waals surface area contributed by atoms with Gasteiger partial charge in [0.05, 0.1) is 7.11 Å². The second-order valence-corrected chi connectivity index (χ2v) is 1.16. The van der Waals surface area contributed by atoms with E-state index < -0.39 is 5.97 Å². The Morgan fingerprint density at radius 1 is 1.78 bits per heavy atom. The number of hydrogen-bond donors (Lipinski definition) is 0. The first kappa shape index (κ1) is 7.94. The number of hydrogen-bond acceptors (Lipinski definition) is 4. The first-order valence-corrected chi connectivity index (χ1v) is 2.36. The SMILES string of the molecule is C/[C]=N\OCC(=O)OC. The molecule has 0 aliphatic carbocycles. The van der Waals surface area contributed by atoms with Gasteiger partial charge in [-0.25, -0.2) is 4.79 Å². The predicted octanol–water partition coefficient (Wildman–Crippen LogP) is 0.0587. The minimum Gasteiger partial charge on any atom is -0.466 e. The van der Waals surface area contributed by atoms with Gasteiger partial charge in [-0.1, -0.05) is 5.16 Å². The fourth-order valence-electron chi connectivity index (χ4n) is 0.208. The molecular weight excluding hydrogens is 122 g/mol. The summed E-state index contributed by atoms with van der Waals surface area (Å²) in [4.78, 5) is 14.6. The van der Waals surface area contributed by atoms with E-state index in [4.69, 9.17) is 0 Å². The number of esters is 1. The first-order chi connectivity index (χ1) is 4.31. The van der Waals surface area contributed by atoms with Gasteiger partial charge < -0.3 is 9.57 Å². The maximum absolute atomic E-state index is 10.3. The molecule has 0 aliphatic rings. The van der Waals surface area contributed by atoms with Gasteiger partial charge in [0.2, 0.25) is 6.61 Å². The Labute approximate surface area is 53.4 Å². The van der Waals surface area contributed by atoms with Gasteiger partial charge in [0.15, 0.2) is 0 Å². The fraction of sp³-hybridized carbons (Fsp3) is 0.600. The Balaban J connectivity index is 3.17. The van der Waals surface area contributed by atoms with Crippen LogP contribution in [-0.2, 0) is 14.4 Å². The summed E-state index contributed by atoms with van der Waals surface area (Å²) in [6, 6.07) is 0. The van der Waals surface area contributed by atoms with Crippen molar-refractivity contribution in [2.45, 2.75) is 6.92 Å². The van der Waals surface area contributed by atoms with E-state index in [2.05, 4.69) is 20.9 Å². The van der Waals surface area contributed by atoms with Crippen LogP contribution in [0, 0.1) is 0 Å². The highest BCUT2D eigenvalue weighted by Crippen LogP contribution is 1.77. The quantitative estimate of drug-likeness (QED) is 0.308. The maximum Gasteiger partial charge on any atom is 0.346 e. The lowest BCUT2D eigenvalue weighted by atomic mass is 10.7. The van der Waals surface area contributed by atoms with E-state index >= 15 is 0 Å². The Kier molecular flexibility index (Phi) is 4.49. The van der Waals surface area contributed by atoms with Gasteiger partial charge in [-0.15, -0.1) is 0 Å². The van der Waals surface area contributed by atoms with Gasteiger partial charge in [-0.05, 0) is 6.92 Å². The number of nitrogens with zero attached hydrogens (tertiary/aromatic N) is 1. The Hall–Kier alpha value is -1.06. The third-order valence-corrected chi connectivity index (χ3v) is 0.566. The van der Waals surface area contributed by atoms with Crippen LogP contribution in [0.1, 0.15) is 6.92 Å². The molecule has 51 valence electrons. The van der Waals surface area contributed by atoms with Gasteiger partial charge in [0.1, 0.15) is 6.21 Å². The van der Waals surface area contributed by atoms with Crippen molar-refractivity contribution in [3.63, 3.8) is 0 Å². The monoisotopic (exact) mass is 130 g/mol. The number of ether oxygens (including phenoxy) is 1. The summed E-state index contributed by atoms with van der Waals surface area (Å²) >= 11 is 0. The molecule has 0 saturated heterocycles. The molecule has 0 aromatic heterocycles. The lowest BCUT2D eigenvalue weighted by molar-refractivity contribution is -0.145. The highest BCUT2D eigenvalue weighted by Gasteiger charge is 1.96. The molecule has 1 radical (unpaired) electrons. The molecule has 0 atom stereocenters. The van der Waals surface area contributed by atoms with Crippen LogP contribution in [0.15, 0.2) is 5.16 Å². The molecule has 0 aromatic carbocycles. The number of rotatable bonds is 3. The second-order valence-electron chi connectivity index (χ2n) is 1.16. The Bertz CT molecular complexity index is 111. The van der Waals surface area contributed by atoms with Crippen molar-refractivity contribution in [3.8, 4) is 0 Å². The molecule has 0 heterocycles. The number of carbonyl (C=O) groups excluding carboxylic acids is 1. The van der Waals surface area contributed by atoms with Crippen LogP contribution in [0.3, 0.4) is 0 Å². The van der Waals surface area contributed by atoms with Gasteiger partial charge >= 0.3 is 5.97 Å². The number of methoxy groups -OCH3 is 1. The van der Waals surface area contributed by atoms with Crippen LogP contribution < -0.4 is 0 Å². The molecule has 0 bridgehead atoms. The van der Waals surface area contributed by atoms with Crippen molar-refractivity contribution in [3.05, 3.63) is 0 Å². The van der Waals surface area contributed by atoms with Crippen LogP contribution in [0.2, 0.25) is 0 Å². The molecule has 0 spiro atoms. The van der Waals surface area contributed by atoms with E-state index in [0.29, 0.717) is 0 Å². The van der Waals surface area contributed by atoms with Gasteiger partial charge in [0, 0.05) is 0 Å². The van der Waals surface area contributed by atoms with Crippen LogP contribution in [0.25, 0.3) is 0 Å². The highest BCUT2D eigenvalue weighted by atomic mass is 16.6. The zero-order valence-corrected chi connectivity index (χ0v) is 5.38. The lowest BCUT2D eigenvalue weighted by Crippen LogP contribution is -2.07. The minimum absolute atomic E-state index is 0.155. The summed E-state index contributed by atoms with van der Waals surface area (Å²) in [6.07, 6.45) is 2.34. The smallest absolute Gasteiger partial charge is 0.346 e. The molecule has 4 nitrogen and oxygen atoms in total. The summed E-state index contributed by atoms with van der Waals surface area (Å²) in [5, 5.41) is 3.21. The lowest BCUT2D eigenvalue weighted by Gasteiger charge is -1.94. The van der Waals surface area contributed by atoms with E-state index in [0.717, 1.165) is 0 Å². The summed E-state index contributed by atoms with van der Waals surface area (Å²) in [5.74, 6) is -0.450. The molecule has 9 heavy (non-hydrogen) atoms. The van der Waals surface area contributed by atoms with Crippen molar-refractivity contribution < 1.29 is 14.4 Å². The van der Waals surface area contributed by atoms with Gasteiger partial charge in [-0.2, -0.15) is 0 Å². The molecule has 0 rings (SSSR count). The fourth-order valence-corrected chi connectivity index (χ4v) is 0.208. The number of carbonyl (C=O) groups is 1. The second kappa shape index (κ2) is 5.08. The predicted molar refractivity (Wildman–Crippen MR) is 31.1 cm³/mol. The first-order valence-electron chi connectivity index (χ1n) is 2.36. The average Bonchev–Trinajstić information content (AvgIpc) is 1.89. The van der Waals surface area contributed by atoms with Crippen molar-refractivity contribution in [2.75, 3.05) is 13.7 Å². The van der Waals surface area contributed by atoms with Gasteiger partial charge in [0.25, 0.3) is 0 Å². The third-order valence-electron chi connectivity index (χ3n) is 0.566. The third kappa shape index (κ3) is 4.80. The zero-order valence-electron chi connectivity index (χ0n) is 5.38. The van der Waals surface area contributed by atoms with Crippen molar-refractivity contribution in [2.24, 2.45) is 5.16 Å². The zero-order chi connectivity index (χ0) is 7.11. The molecule has 0 aliphatic heterocycles. The molecule has 0 fully saturated rings. The maximum atomic E-state index is 10.3. The van der Waals surface area contributed by atoms with Crippen molar-refractivity contribution in [1.82, 2.24) is 0 Å². The van der Waals surface area contributed by atoms with E-state index in [9.17, 15) is 4.79 Å². The topological polar surface area (TPSA) is 47.9 Å². The van der Waals surface area contributed by atoms with Crippen molar-refractivity contribution >= 4 is 12.2 Å². The molecule has 0 unspecified atom stereocenters. The van der Waals surface area contributed by atoms with Crippen LogP contribution in [0.4, 0.5) is 0 Å². The standard InChI is InChI=1S/C5H8NO3/c1-3-6-9-4-5(7)8-2/h4H2,1-2H3. The van der Waals surface area contributed by atoms with E-state index in [1.54, 1.807) is 6.92 Å². The average molecular weight is 130 g/mol. The largest absolute Gasteiger partial charge is 0.466 e. The van der Waals surface area contributed by atoms with Crippen LogP contribution >= 0.6 is 0 Å². The van der Waals surface area contributed by atoms with E-state index in [-0.39, 0.29) is 6.61 Å². The Morgan fingerprint density at radius 2 is 2.44 bits per heavy atom. The molecule has 0 aromatic rings.